The molecule has 2 aromatic carbocycles. The largest absolute Gasteiger partial charge is 0.496 e. The Hall–Kier alpha value is -3.42. The Labute approximate surface area is 156 Å². The summed E-state index contributed by atoms with van der Waals surface area (Å²) in [5.41, 5.74) is 1.65. The number of ether oxygens (including phenoxy) is 2. The number of benzene rings is 2. The van der Waals surface area contributed by atoms with Crippen molar-refractivity contribution in [2.75, 3.05) is 20.8 Å². The number of nitro groups is 1. The van der Waals surface area contributed by atoms with Crippen LogP contribution in [0.4, 0.5) is 5.69 Å². The van der Waals surface area contributed by atoms with Gasteiger partial charge in [-0.05, 0) is 24.1 Å². The number of hydrogen-bond donors (Lipinski definition) is 0. The molecule has 2 aromatic rings. The van der Waals surface area contributed by atoms with Gasteiger partial charge in [0.15, 0.2) is 6.61 Å². The van der Waals surface area contributed by atoms with E-state index in [9.17, 15) is 19.7 Å². The number of aryl methyl sites for hydroxylation is 1. The molecule has 0 N–H and O–H groups in total. The smallest absolute Gasteiger partial charge is 0.342 e. The molecule has 0 aliphatic carbocycles. The van der Waals surface area contributed by atoms with Crippen molar-refractivity contribution >= 4 is 17.6 Å². The fourth-order valence-corrected chi connectivity index (χ4v) is 2.42. The summed E-state index contributed by atoms with van der Waals surface area (Å²) in [5, 5.41) is 10.9. The van der Waals surface area contributed by atoms with E-state index in [1.165, 1.54) is 24.1 Å². The molecule has 0 radical (unpaired) electrons. The lowest BCUT2D eigenvalue weighted by atomic mass is 10.1. The second kappa shape index (κ2) is 8.79. The fraction of sp³-hybridized carbons (Fsp3) is 0.263. The summed E-state index contributed by atoms with van der Waals surface area (Å²) in [4.78, 5) is 36.2. The van der Waals surface area contributed by atoms with Crippen LogP contribution in [0.3, 0.4) is 0 Å². The highest BCUT2D eigenvalue weighted by atomic mass is 16.6. The predicted octanol–water partition coefficient (Wildman–Crippen LogP) is 2.73. The Morgan fingerprint density at radius 2 is 1.89 bits per heavy atom. The maximum Gasteiger partial charge on any atom is 0.342 e. The van der Waals surface area contributed by atoms with Gasteiger partial charge in [0.2, 0.25) is 0 Å². The lowest BCUT2D eigenvalue weighted by Gasteiger charge is -2.18. The summed E-state index contributed by atoms with van der Waals surface area (Å²) in [5.74, 6) is -1.13. The summed E-state index contributed by atoms with van der Waals surface area (Å²) in [6, 6.07) is 11.2. The van der Waals surface area contributed by atoms with E-state index in [0.29, 0.717) is 6.54 Å². The highest BCUT2D eigenvalue weighted by Crippen LogP contribution is 2.24. The molecule has 8 heteroatoms. The Morgan fingerprint density at radius 3 is 2.52 bits per heavy atom. The molecule has 27 heavy (non-hydrogen) atoms. The number of non-ortho nitro benzene ring substituents is 1. The molecule has 0 saturated heterocycles. The molecule has 0 heterocycles. The SMILES string of the molecule is COc1ccc([N+](=O)[O-])cc1C(=O)OCC(=O)N(C)Cc1ccccc1C. The molecule has 0 spiro atoms. The Kier molecular flexibility index (Phi) is 6.48. The summed E-state index contributed by atoms with van der Waals surface area (Å²) in [7, 11) is 2.94. The number of esters is 1. The molecular weight excluding hydrogens is 352 g/mol. The van der Waals surface area contributed by atoms with Gasteiger partial charge in [0.05, 0.1) is 12.0 Å². The Morgan fingerprint density at radius 1 is 1.19 bits per heavy atom. The molecule has 0 unspecified atom stereocenters. The van der Waals surface area contributed by atoms with E-state index < -0.39 is 23.4 Å². The standard InChI is InChI=1S/C19H20N2O6/c1-13-6-4-5-7-14(13)11-20(2)18(22)12-27-19(23)16-10-15(21(24)25)8-9-17(16)26-3/h4-10H,11-12H2,1-3H3. The van der Waals surface area contributed by atoms with Crippen molar-refractivity contribution in [1.82, 2.24) is 4.90 Å². The van der Waals surface area contributed by atoms with Crippen LogP contribution in [0, 0.1) is 17.0 Å². The van der Waals surface area contributed by atoms with Gasteiger partial charge in [0.25, 0.3) is 11.6 Å². The minimum atomic E-state index is -0.867. The summed E-state index contributed by atoms with van der Waals surface area (Å²) >= 11 is 0. The van der Waals surface area contributed by atoms with Crippen LogP contribution in [0.1, 0.15) is 21.5 Å². The van der Waals surface area contributed by atoms with E-state index >= 15 is 0 Å². The zero-order chi connectivity index (χ0) is 20.0. The monoisotopic (exact) mass is 372 g/mol. The van der Waals surface area contributed by atoms with Crippen LogP contribution >= 0.6 is 0 Å². The number of nitro benzene ring substituents is 1. The Balaban J connectivity index is 2.02. The van der Waals surface area contributed by atoms with Crippen molar-refractivity contribution in [2.24, 2.45) is 0 Å². The van der Waals surface area contributed by atoms with Crippen LogP contribution in [0.25, 0.3) is 0 Å². The van der Waals surface area contributed by atoms with Crippen molar-refractivity contribution < 1.29 is 24.0 Å². The van der Waals surface area contributed by atoms with E-state index in [1.807, 2.05) is 31.2 Å². The number of nitrogens with zero attached hydrogens (tertiary/aromatic N) is 2. The van der Waals surface area contributed by atoms with Gasteiger partial charge in [-0.25, -0.2) is 4.79 Å². The van der Waals surface area contributed by atoms with E-state index in [0.717, 1.165) is 17.2 Å². The van der Waals surface area contributed by atoms with E-state index in [4.69, 9.17) is 9.47 Å². The van der Waals surface area contributed by atoms with Crippen LogP contribution in [0.2, 0.25) is 0 Å². The van der Waals surface area contributed by atoms with Crippen molar-refractivity contribution in [3.8, 4) is 5.75 Å². The molecule has 1 amide bonds. The lowest BCUT2D eigenvalue weighted by molar-refractivity contribution is -0.384. The number of methoxy groups -OCH3 is 1. The number of rotatable bonds is 7. The molecule has 0 atom stereocenters. The molecular formula is C19H20N2O6. The van der Waals surface area contributed by atoms with E-state index in [2.05, 4.69) is 0 Å². The van der Waals surface area contributed by atoms with Gasteiger partial charge >= 0.3 is 5.97 Å². The molecule has 0 aromatic heterocycles. The number of likely N-dealkylation sites (N-methyl/N-ethyl adjacent to an activating group) is 1. The minimum Gasteiger partial charge on any atom is -0.496 e. The first-order valence-electron chi connectivity index (χ1n) is 8.11. The number of hydrogen-bond acceptors (Lipinski definition) is 6. The molecule has 8 nitrogen and oxygen atoms in total. The van der Waals surface area contributed by atoms with Crippen molar-refractivity contribution in [3.63, 3.8) is 0 Å². The third-order valence-electron chi connectivity index (χ3n) is 4.04. The average molecular weight is 372 g/mol. The topological polar surface area (TPSA) is 99.0 Å². The molecule has 0 aliphatic rings. The quantitative estimate of drug-likeness (QED) is 0.421. The minimum absolute atomic E-state index is 0.110. The van der Waals surface area contributed by atoms with E-state index in [-0.39, 0.29) is 17.0 Å². The molecule has 0 saturated carbocycles. The summed E-state index contributed by atoms with van der Waals surface area (Å²) < 4.78 is 10.1. The average Bonchev–Trinajstić information content (AvgIpc) is 2.66. The zero-order valence-electron chi connectivity index (χ0n) is 15.3. The lowest BCUT2D eigenvalue weighted by Crippen LogP contribution is -2.31. The van der Waals surface area contributed by atoms with Gasteiger partial charge in [-0.3, -0.25) is 14.9 Å². The molecule has 0 aliphatic heterocycles. The predicted molar refractivity (Wildman–Crippen MR) is 97.6 cm³/mol. The first-order valence-corrected chi connectivity index (χ1v) is 8.11. The van der Waals surface area contributed by atoms with Crippen LogP contribution < -0.4 is 4.74 Å². The van der Waals surface area contributed by atoms with Crippen LogP contribution in [-0.4, -0.2) is 42.5 Å². The Bertz CT molecular complexity index is 865. The third-order valence-corrected chi connectivity index (χ3v) is 4.04. The summed E-state index contributed by atoms with van der Waals surface area (Å²) in [6.45, 7) is 1.85. The van der Waals surface area contributed by atoms with Crippen molar-refractivity contribution in [2.45, 2.75) is 13.5 Å². The molecule has 2 rings (SSSR count). The van der Waals surface area contributed by atoms with Gasteiger partial charge in [0.1, 0.15) is 11.3 Å². The highest BCUT2D eigenvalue weighted by Gasteiger charge is 2.20. The van der Waals surface area contributed by atoms with Crippen LogP contribution in [-0.2, 0) is 16.1 Å². The molecule has 0 bridgehead atoms. The number of carbonyl (C=O) groups excluding carboxylic acids is 2. The van der Waals surface area contributed by atoms with Gasteiger partial charge in [-0.15, -0.1) is 0 Å². The molecule has 0 fully saturated rings. The maximum absolute atomic E-state index is 12.2. The van der Waals surface area contributed by atoms with Crippen molar-refractivity contribution in [3.05, 3.63) is 69.3 Å². The number of amides is 1. The second-order valence-electron chi connectivity index (χ2n) is 5.89. The van der Waals surface area contributed by atoms with Gasteiger partial charge in [-0.1, -0.05) is 24.3 Å². The van der Waals surface area contributed by atoms with Crippen LogP contribution in [0.15, 0.2) is 42.5 Å². The van der Waals surface area contributed by atoms with Crippen molar-refractivity contribution in [1.29, 1.82) is 0 Å². The maximum atomic E-state index is 12.2. The summed E-state index contributed by atoms with van der Waals surface area (Å²) in [6.07, 6.45) is 0. The zero-order valence-corrected chi connectivity index (χ0v) is 15.3. The highest BCUT2D eigenvalue weighted by molar-refractivity contribution is 5.94. The number of carbonyl (C=O) groups is 2. The first kappa shape index (κ1) is 19.9. The van der Waals surface area contributed by atoms with Crippen LogP contribution in [0.5, 0.6) is 5.75 Å². The molecule has 142 valence electrons. The normalized spacial score (nSPS) is 10.2. The van der Waals surface area contributed by atoms with Gasteiger partial charge in [-0.2, -0.15) is 0 Å². The fourth-order valence-electron chi connectivity index (χ4n) is 2.42. The van der Waals surface area contributed by atoms with Gasteiger partial charge < -0.3 is 14.4 Å². The van der Waals surface area contributed by atoms with E-state index in [1.54, 1.807) is 7.05 Å². The second-order valence-corrected chi connectivity index (χ2v) is 5.89. The first-order chi connectivity index (χ1) is 12.8. The third kappa shape index (κ3) is 5.04. The van der Waals surface area contributed by atoms with Gasteiger partial charge in [0, 0.05) is 25.7 Å².